The summed E-state index contributed by atoms with van der Waals surface area (Å²) in [6, 6.07) is 2.08. The van der Waals surface area contributed by atoms with E-state index in [0.29, 0.717) is 35.0 Å². The second kappa shape index (κ2) is 6.70. The van der Waals surface area contributed by atoms with Gasteiger partial charge in [-0.3, -0.25) is 9.78 Å². The van der Waals surface area contributed by atoms with Crippen molar-refractivity contribution in [1.29, 1.82) is 0 Å². The summed E-state index contributed by atoms with van der Waals surface area (Å²) in [5.41, 5.74) is 4.30. The lowest BCUT2D eigenvalue weighted by atomic mass is 9.49. The maximum absolute atomic E-state index is 12.2. The van der Waals surface area contributed by atoms with Crippen molar-refractivity contribution in [2.45, 2.75) is 52.9 Å². The molecule has 1 aromatic rings. The third-order valence-electron chi connectivity index (χ3n) is 8.78. The summed E-state index contributed by atoms with van der Waals surface area (Å²) >= 11 is 6.27. The van der Waals surface area contributed by atoms with Crippen LogP contribution in [0.4, 0.5) is 0 Å². The molecule has 1 aromatic heterocycles. The molecule has 1 aliphatic heterocycles. The SMILES string of the molecule is CCN1C[C@H]2[C@@H]3CC=C(c4cncc(Cl)c4)C3(C)CC[C@@H]2[C@@]2(C)CCC(=O)C=C12. The number of likely N-dealkylation sites (tertiary alicyclic amines) is 1. The minimum Gasteiger partial charge on any atom is -0.374 e. The number of halogens is 1. The first-order valence-corrected chi connectivity index (χ1v) is 11.6. The molecule has 1 saturated heterocycles. The van der Waals surface area contributed by atoms with E-state index in [1.165, 1.54) is 29.7 Å². The molecule has 1 saturated carbocycles. The Kier molecular flexibility index (Phi) is 4.47. The van der Waals surface area contributed by atoms with Gasteiger partial charge in [0.2, 0.25) is 0 Å². The molecule has 2 fully saturated rings. The maximum atomic E-state index is 12.2. The maximum Gasteiger partial charge on any atom is 0.157 e. The number of ketones is 1. The van der Waals surface area contributed by atoms with Gasteiger partial charge in [0.25, 0.3) is 0 Å². The summed E-state index contributed by atoms with van der Waals surface area (Å²) in [6.07, 6.45) is 13.5. The van der Waals surface area contributed by atoms with E-state index in [-0.39, 0.29) is 10.8 Å². The van der Waals surface area contributed by atoms with Gasteiger partial charge in [0.1, 0.15) is 0 Å². The zero-order valence-electron chi connectivity index (χ0n) is 17.7. The number of carbonyl (C=O) groups excluding carboxylic acids is 1. The van der Waals surface area contributed by atoms with E-state index in [1.807, 2.05) is 12.3 Å². The quantitative estimate of drug-likeness (QED) is 0.621. The molecular weight excluding hydrogens is 380 g/mol. The van der Waals surface area contributed by atoms with E-state index < -0.39 is 0 Å². The molecule has 0 amide bonds. The summed E-state index contributed by atoms with van der Waals surface area (Å²) in [5, 5.41) is 0.716. The Labute approximate surface area is 179 Å². The fourth-order valence-electron chi connectivity index (χ4n) is 7.29. The first-order chi connectivity index (χ1) is 13.9. The number of nitrogens with zero attached hydrogens (tertiary/aromatic N) is 2. The lowest BCUT2D eigenvalue weighted by molar-refractivity contribution is -0.118. The van der Waals surface area contributed by atoms with Crippen LogP contribution in [0, 0.1) is 28.6 Å². The van der Waals surface area contributed by atoms with Crippen LogP contribution in [0.15, 0.2) is 36.3 Å². The molecule has 3 aliphatic carbocycles. The predicted octanol–water partition coefficient (Wildman–Crippen LogP) is 5.76. The lowest BCUT2D eigenvalue weighted by Crippen LogP contribution is -2.57. The third-order valence-corrected chi connectivity index (χ3v) is 8.99. The van der Waals surface area contributed by atoms with Crippen LogP contribution in [0.25, 0.3) is 5.57 Å². The number of hydrogen-bond acceptors (Lipinski definition) is 3. The van der Waals surface area contributed by atoms with Crippen molar-refractivity contribution in [3.05, 3.63) is 46.9 Å². The monoisotopic (exact) mass is 410 g/mol. The van der Waals surface area contributed by atoms with Gasteiger partial charge in [-0.1, -0.05) is 31.5 Å². The molecule has 2 heterocycles. The van der Waals surface area contributed by atoms with Crippen LogP contribution in [0.2, 0.25) is 5.02 Å². The fourth-order valence-corrected chi connectivity index (χ4v) is 7.46. The first-order valence-electron chi connectivity index (χ1n) is 11.2. The molecule has 4 aliphatic rings. The number of pyridine rings is 1. The van der Waals surface area contributed by atoms with Gasteiger partial charge in [0, 0.05) is 49.1 Å². The highest BCUT2D eigenvalue weighted by Crippen LogP contribution is 2.65. The Bertz CT molecular complexity index is 921. The number of carbonyl (C=O) groups is 1. The molecule has 5 rings (SSSR count). The highest BCUT2D eigenvalue weighted by atomic mass is 35.5. The normalized spacial score (nSPS) is 38.7. The van der Waals surface area contributed by atoms with Gasteiger partial charge < -0.3 is 4.90 Å². The van der Waals surface area contributed by atoms with E-state index in [2.05, 4.69) is 42.8 Å². The molecule has 1 unspecified atom stereocenters. The second-order valence-corrected chi connectivity index (χ2v) is 10.5. The van der Waals surface area contributed by atoms with Crippen LogP contribution in [-0.2, 0) is 4.79 Å². The van der Waals surface area contributed by atoms with Crippen LogP contribution in [0.5, 0.6) is 0 Å². The van der Waals surface area contributed by atoms with Gasteiger partial charge >= 0.3 is 0 Å². The second-order valence-electron chi connectivity index (χ2n) is 10.0. The Morgan fingerprint density at radius 2 is 2.03 bits per heavy atom. The minimum atomic E-state index is 0.147. The average Bonchev–Trinajstić information content (AvgIpc) is 3.05. The van der Waals surface area contributed by atoms with Crippen LogP contribution in [0.1, 0.15) is 58.4 Å². The van der Waals surface area contributed by atoms with E-state index in [4.69, 9.17) is 11.6 Å². The summed E-state index contributed by atoms with van der Waals surface area (Å²) in [4.78, 5) is 19.1. The van der Waals surface area contributed by atoms with Crippen molar-refractivity contribution in [1.82, 2.24) is 9.88 Å². The van der Waals surface area contributed by atoms with Gasteiger partial charge in [-0.15, -0.1) is 0 Å². The largest absolute Gasteiger partial charge is 0.374 e. The minimum absolute atomic E-state index is 0.147. The lowest BCUT2D eigenvalue weighted by Gasteiger charge is -2.60. The zero-order valence-corrected chi connectivity index (χ0v) is 18.5. The van der Waals surface area contributed by atoms with E-state index in [0.717, 1.165) is 25.9 Å². The van der Waals surface area contributed by atoms with Crippen LogP contribution in [-0.4, -0.2) is 28.8 Å². The molecule has 5 atom stereocenters. The smallest absolute Gasteiger partial charge is 0.157 e. The molecule has 0 spiro atoms. The molecule has 29 heavy (non-hydrogen) atoms. The molecule has 154 valence electrons. The Hall–Kier alpha value is -1.61. The van der Waals surface area contributed by atoms with Gasteiger partial charge in [-0.2, -0.15) is 0 Å². The highest BCUT2D eigenvalue weighted by molar-refractivity contribution is 6.30. The van der Waals surface area contributed by atoms with E-state index >= 15 is 0 Å². The van der Waals surface area contributed by atoms with Gasteiger partial charge in [-0.25, -0.2) is 0 Å². The molecule has 0 N–H and O–H groups in total. The number of fused-ring (bicyclic) bond motifs is 5. The van der Waals surface area contributed by atoms with Crippen LogP contribution < -0.4 is 0 Å². The molecule has 0 bridgehead atoms. The van der Waals surface area contributed by atoms with E-state index in [1.54, 1.807) is 6.20 Å². The predicted molar refractivity (Wildman–Crippen MR) is 117 cm³/mol. The topological polar surface area (TPSA) is 33.2 Å². The number of piperidine rings is 1. The van der Waals surface area contributed by atoms with Crippen molar-refractivity contribution < 1.29 is 4.79 Å². The standard InChI is InChI=1S/C25H31ClN2O/c1-4-28-15-19-21-6-5-20(16-11-17(26)14-27-13-16)24(21,2)10-8-22(19)25(3)9-7-18(29)12-23(25)28/h5,11-14,19,21-22H,4,6-10,15H2,1-3H3/t19-,21-,22-,24?,25+/m0/s1. The summed E-state index contributed by atoms with van der Waals surface area (Å²) in [7, 11) is 0. The zero-order chi connectivity index (χ0) is 20.4. The Morgan fingerprint density at radius 3 is 2.79 bits per heavy atom. The molecule has 0 aromatic carbocycles. The average molecular weight is 411 g/mol. The molecular formula is C25H31ClN2O. The summed E-state index contributed by atoms with van der Waals surface area (Å²) in [5.74, 6) is 2.31. The number of rotatable bonds is 2. The third kappa shape index (κ3) is 2.76. The van der Waals surface area contributed by atoms with Crippen molar-refractivity contribution in [2.24, 2.45) is 28.6 Å². The van der Waals surface area contributed by atoms with Gasteiger partial charge in [0.15, 0.2) is 5.78 Å². The van der Waals surface area contributed by atoms with Gasteiger partial charge in [-0.05, 0) is 73.0 Å². The number of aromatic nitrogens is 1. The summed E-state index contributed by atoms with van der Waals surface area (Å²) < 4.78 is 0. The van der Waals surface area contributed by atoms with Crippen LogP contribution >= 0.6 is 11.6 Å². The Balaban J connectivity index is 1.51. The summed E-state index contributed by atoms with van der Waals surface area (Å²) in [6.45, 7) is 9.23. The van der Waals surface area contributed by atoms with Crippen molar-refractivity contribution >= 4 is 23.0 Å². The van der Waals surface area contributed by atoms with Crippen LogP contribution in [0.3, 0.4) is 0 Å². The highest BCUT2D eigenvalue weighted by Gasteiger charge is 2.58. The molecule has 0 radical (unpaired) electrons. The van der Waals surface area contributed by atoms with Crippen molar-refractivity contribution in [3.63, 3.8) is 0 Å². The van der Waals surface area contributed by atoms with Crippen molar-refractivity contribution in [2.75, 3.05) is 13.1 Å². The molecule has 4 heteroatoms. The number of hydrogen-bond donors (Lipinski definition) is 0. The van der Waals surface area contributed by atoms with Gasteiger partial charge in [0.05, 0.1) is 5.02 Å². The molecule has 3 nitrogen and oxygen atoms in total. The Morgan fingerprint density at radius 1 is 1.21 bits per heavy atom. The first kappa shape index (κ1) is 19.4. The van der Waals surface area contributed by atoms with Crippen molar-refractivity contribution in [3.8, 4) is 0 Å². The fraction of sp³-hybridized carbons (Fsp3) is 0.600. The van der Waals surface area contributed by atoms with E-state index in [9.17, 15) is 4.79 Å². The number of allylic oxidation sites excluding steroid dienone is 4.